The molecule has 5 nitrogen and oxygen atoms in total. The summed E-state index contributed by atoms with van der Waals surface area (Å²) >= 11 is 0. The van der Waals surface area contributed by atoms with Crippen LogP contribution < -0.4 is 4.90 Å². The third kappa shape index (κ3) is 3.83. The lowest BCUT2D eigenvalue weighted by atomic mass is 10.0. The van der Waals surface area contributed by atoms with Crippen molar-refractivity contribution in [3.05, 3.63) is 29.3 Å². The average Bonchev–Trinajstić information content (AvgIpc) is 3.49. The summed E-state index contributed by atoms with van der Waals surface area (Å²) in [4.78, 5) is 32.0. The first-order valence-corrected chi connectivity index (χ1v) is 10.3. The molecule has 0 radical (unpaired) electrons. The van der Waals surface area contributed by atoms with E-state index < -0.39 is 5.41 Å². The van der Waals surface area contributed by atoms with Crippen LogP contribution in [0.3, 0.4) is 0 Å². The van der Waals surface area contributed by atoms with Crippen LogP contribution in [-0.2, 0) is 9.59 Å². The highest BCUT2D eigenvalue weighted by molar-refractivity contribution is 6.07. The maximum atomic E-state index is 13.1. The van der Waals surface area contributed by atoms with Gasteiger partial charge in [0.15, 0.2) is 0 Å². The molecular weight excluding hydrogens is 338 g/mol. The van der Waals surface area contributed by atoms with Gasteiger partial charge in [0.05, 0.1) is 0 Å². The molecule has 1 aliphatic carbocycles. The molecule has 0 spiro atoms. The fourth-order valence-corrected chi connectivity index (χ4v) is 4.04. The van der Waals surface area contributed by atoms with Crippen LogP contribution in [0.15, 0.2) is 18.2 Å². The van der Waals surface area contributed by atoms with Crippen molar-refractivity contribution in [3.63, 3.8) is 0 Å². The largest absolute Gasteiger partial charge is 0.368 e. The maximum absolute atomic E-state index is 13.1. The van der Waals surface area contributed by atoms with Crippen molar-refractivity contribution in [1.82, 2.24) is 9.80 Å². The molecule has 27 heavy (non-hydrogen) atoms. The van der Waals surface area contributed by atoms with Gasteiger partial charge in [0.1, 0.15) is 5.41 Å². The Labute approximate surface area is 163 Å². The highest BCUT2D eigenvalue weighted by atomic mass is 16.2. The lowest BCUT2D eigenvalue weighted by molar-refractivity contribution is -0.149. The van der Waals surface area contributed by atoms with Crippen LogP contribution in [0.4, 0.5) is 5.69 Å². The topological polar surface area (TPSA) is 43.9 Å². The minimum absolute atomic E-state index is 0.0258. The molecule has 0 N–H and O–H groups in total. The van der Waals surface area contributed by atoms with Gasteiger partial charge in [-0.15, -0.1) is 0 Å². The van der Waals surface area contributed by atoms with E-state index in [1.807, 2.05) is 11.9 Å². The van der Waals surface area contributed by atoms with Gasteiger partial charge in [-0.05, 0) is 50.3 Å². The van der Waals surface area contributed by atoms with Crippen molar-refractivity contribution in [1.29, 1.82) is 0 Å². The van der Waals surface area contributed by atoms with Crippen molar-refractivity contribution in [2.24, 2.45) is 5.41 Å². The average molecular weight is 372 g/mol. The quantitative estimate of drug-likeness (QED) is 0.722. The van der Waals surface area contributed by atoms with Gasteiger partial charge in [-0.3, -0.25) is 9.59 Å². The molecule has 2 fully saturated rings. The number of carbonyl (C=O) groups excluding carboxylic acids is 2. The number of benzene rings is 1. The van der Waals surface area contributed by atoms with E-state index >= 15 is 0 Å². The van der Waals surface area contributed by atoms with Crippen molar-refractivity contribution < 1.29 is 9.59 Å². The predicted octanol–water partition coefficient (Wildman–Crippen LogP) is 2.99. The van der Waals surface area contributed by atoms with E-state index in [0.717, 1.165) is 32.5 Å². The van der Waals surface area contributed by atoms with Gasteiger partial charge < -0.3 is 14.7 Å². The van der Waals surface area contributed by atoms with Crippen LogP contribution in [0, 0.1) is 19.3 Å². The van der Waals surface area contributed by atoms with Gasteiger partial charge in [0, 0.05) is 45.5 Å². The molecule has 1 saturated heterocycles. The Morgan fingerprint density at radius 1 is 1.11 bits per heavy atom. The monoisotopic (exact) mass is 371 g/mol. The highest BCUT2D eigenvalue weighted by Gasteiger charge is 2.59. The summed E-state index contributed by atoms with van der Waals surface area (Å²) in [5, 5.41) is 0. The first-order valence-electron chi connectivity index (χ1n) is 10.3. The number of rotatable bonds is 6. The fraction of sp³-hybridized carbons (Fsp3) is 0.636. The summed E-state index contributed by atoms with van der Waals surface area (Å²) in [5.41, 5.74) is 3.11. The van der Waals surface area contributed by atoms with Crippen LogP contribution in [0.1, 0.15) is 43.7 Å². The number of piperazine rings is 1. The van der Waals surface area contributed by atoms with E-state index in [0.29, 0.717) is 25.9 Å². The highest BCUT2D eigenvalue weighted by Crippen LogP contribution is 2.49. The van der Waals surface area contributed by atoms with Gasteiger partial charge in [0.2, 0.25) is 11.8 Å². The molecule has 1 aromatic rings. The van der Waals surface area contributed by atoms with E-state index in [1.54, 1.807) is 4.90 Å². The summed E-state index contributed by atoms with van der Waals surface area (Å²) in [7, 11) is 1.84. The van der Waals surface area contributed by atoms with E-state index in [1.165, 1.54) is 16.8 Å². The van der Waals surface area contributed by atoms with Crippen molar-refractivity contribution in [3.8, 4) is 0 Å². The van der Waals surface area contributed by atoms with E-state index in [-0.39, 0.29) is 11.8 Å². The summed E-state index contributed by atoms with van der Waals surface area (Å²) in [5.74, 6) is 0.0781. The number of unbranched alkanes of at least 4 members (excludes halogenated alkanes) is 1. The maximum Gasteiger partial charge on any atom is 0.238 e. The smallest absolute Gasteiger partial charge is 0.238 e. The van der Waals surface area contributed by atoms with Crippen LogP contribution >= 0.6 is 0 Å². The minimum Gasteiger partial charge on any atom is -0.368 e. The molecule has 1 heterocycles. The second-order valence-corrected chi connectivity index (χ2v) is 8.16. The normalized spacial score (nSPS) is 18.4. The summed E-state index contributed by atoms with van der Waals surface area (Å²) in [6.07, 6.45) is 3.45. The third-order valence-electron chi connectivity index (χ3n) is 6.25. The number of carbonyl (C=O) groups is 2. The zero-order valence-corrected chi connectivity index (χ0v) is 17.3. The van der Waals surface area contributed by atoms with Gasteiger partial charge in [-0.25, -0.2) is 0 Å². The van der Waals surface area contributed by atoms with Gasteiger partial charge >= 0.3 is 0 Å². The lowest BCUT2D eigenvalue weighted by Gasteiger charge is -2.38. The second-order valence-electron chi connectivity index (χ2n) is 8.16. The molecule has 0 atom stereocenters. The Morgan fingerprint density at radius 3 is 2.37 bits per heavy atom. The number of anilines is 1. The first kappa shape index (κ1) is 19.7. The Kier molecular flexibility index (Phi) is 5.78. The van der Waals surface area contributed by atoms with Crippen molar-refractivity contribution >= 4 is 17.5 Å². The lowest BCUT2D eigenvalue weighted by Crippen LogP contribution is -2.53. The molecule has 5 heteroatoms. The molecule has 0 aromatic heterocycles. The third-order valence-corrected chi connectivity index (χ3v) is 6.25. The standard InChI is InChI=1S/C22H33N3O2/c1-5-6-12-23(4)20(26)22(10-11-22)21(27)25-15-13-24(14-16-25)19-9-7-8-17(2)18(19)3/h7-9H,5-6,10-16H2,1-4H3. The molecule has 2 amide bonds. The van der Waals surface area contributed by atoms with Gasteiger partial charge in [0.25, 0.3) is 0 Å². The Hall–Kier alpha value is -2.04. The van der Waals surface area contributed by atoms with E-state index in [2.05, 4.69) is 43.9 Å². The van der Waals surface area contributed by atoms with Crippen molar-refractivity contribution in [2.75, 3.05) is 44.7 Å². The summed E-state index contributed by atoms with van der Waals surface area (Å²) in [6.45, 7) is 10.2. The zero-order chi connectivity index (χ0) is 19.6. The SMILES string of the molecule is CCCCN(C)C(=O)C1(C(=O)N2CCN(c3cccc(C)c3C)CC2)CC1. The van der Waals surface area contributed by atoms with Crippen LogP contribution in [0.25, 0.3) is 0 Å². The van der Waals surface area contributed by atoms with Crippen LogP contribution in [-0.4, -0.2) is 61.4 Å². The molecule has 0 unspecified atom stereocenters. The Morgan fingerprint density at radius 2 is 1.78 bits per heavy atom. The number of amides is 2. The molecule has 1 aliphatic heterocycles. The molecule has 1 aromatic carbocycles. The molecule has 2 aliphatic rings. The number of hydrogen-bond acceptors (Lipinski definition) is 3. The Balaban J connectivity index is 1.61. The number of aryl methyl sites for hydroxylation is 1. The van der Waals surface area contributed by atoms with E-state index in [4.69, 9.17) is 0 Å². The van der Waals surface area contributed by atoms with E-state index in [9.17, 15) is 9.59 Å². The zero-order valence-electron chi connectivity index (χ0n) is 17.3. The molecule has 0 bridgehead atoms. The molecule has 1 saturated carbocycles. The number of nitrogens with zero attached hydrogens (tertiary/aromatic N) is 3. The molecular formula is C22H33N3O2. The Bertz CT molecular complexity index is 704. The summed E-state index contributed by atoms with van der Waals surface area (Å²) < 4.78 is 0. The molecule has 148 valence electrons. The van der Waals surface area contributed by atoms with Crippen LogP contribution in [0.2, 0.25) is 0 Å². The fourth-order valence-electron chi connectivity index (χ4n) is 4.04. The number of hydrogen-bond donors (Lipinski definition) is 0. The van der Waals surface area contributed by atoms with Gasteiger partial charge in [-0.1, -0.05) is 25.5 Å². The second kappa shape index (κ2) is 7.91. The van der Waals surface area contributed by atoms with Crippen molar-refractivity contribution in [2.45, 2.75) is 46.5 Å². The molecule has 3 rings (SSSR count). The van der Waals surface area contributed by atoms with Gasteiger partial charge in [-0.2, -0.15) is 0 Å². The predicted molar refractivity (Wildman–Crippen MR) is 109 cm³/mol. The first-order chi connectivity index (χ1) is 12.9. The van der Waals surface area contributed by atoms with Crippen LogP contribution in [0.5, 0.6) is 0 Å². The summed E-state index contributed by atoms with van der Waals surface area (Å²) in [6, 6.07) is 6.39. The minimum atomic E-state index is -0.760.